The van der Waals surface area contributed by atoms with E-state index in [1.54, 1.807) is 13.8 Å². The summed E-state index contributed by atoms with van der Waals surface area (Å²) in [5.41, 5.74) is 1.67. The Morgan fingerprint density at radius 1 is 1.00 bits per heavy atom. The normalized spacial score (nSPS) is 26.1. The van der Waals surface area contributed by atoms with Crippen molar-refractivity contribution in [3.8, 4) is 0 Å². The van der Waals surface area contributed by atoms with Gasteiger partial charge in [-0.25, -0.2) is 0 Å². The lowest BCUT2D eigenvalue weighted by Gasteiger charge is -2.56. The highest BCUT2D eigenvalue weighted by Crippen LogP contribution is 2.48. The average molecular weight is 363 g/mol. The van der Waals surface area contributed by atoms with E-state index < -0.39 is 11.1 Å². The van der Waals surface area contributed by atoms with Gasteiger partial charge in [-0.05, 0) is 56.7 Å². The number of fused-ring (bicyclic) bond motifs is 2. The molecule has 4 rings (SSSR count). The van der Waals surface area contributed by atoms with Crippen molar-refractivity contribution < 1.29 is 10.0 Å². The number of carbonyl (C=O) groups excluding carboxylic acids is 1. The summed E-state index contributed by atoms with van der Waals surface area (Å²) < 4.78 is 0. The lowest BCUT2D eigenvalue weighted by molar-refractivity contribution is -0.302. The van der Waals surface area contributed by atoms with E-state index in [1.807, 2.05) is 35.2 Å². The predicted octanol–water partition coefficient (Wildman–Crippen LogP) is 4.25. The second-order valence-corrected chi connectivity index (χ2v) is 8.42. The minimum absolute atomic E-state index is 0.0716. The highest BCUT2D eigenvalue weighted by molar-refractivity contribution is 5.87. The standard InChI is InChI=1S/C23H27N2O2/c1-17(18-10-5-4-6-11-18)24-16-23(25(27)22(2,3)21(24)26)15-9-13-19-12-7-8-14-20(19)23/h4-8,10-12,14,17H,9,13,15-16H2,1-3H3/t17-,23?/m0/s1. The Morgan fingerprint density at radius 3 is 2.41 bits per heavy atom. The summed E-state index contributed by atoms with van der Waals surface area (Å²) in [6.07, 6.45) is 2.74. The highest BCUT2D eigenvalue weighted by Gasteiger charge is 2.58. The maximum Gasteiger partial charge on any atom is 0.245 e. The topological polar surface area (TPSA) is 43.5 Å². The molecule has 1 amide bonds. The van der Waals surface area contributed by atoms with Crippen LogP contribution in [0.15, 0.2) is 54.6 Å². The van der Waals surface area contributed by atoms with Crippen molar-refractivity contribution >= 4 is 5.91 Å². The Hall–Kier alpha value is -2.17. The molecule has 1 fully saturated rings. The predicted molar refractivity (Wildman–Crippen MR) is 104 cm³/mol. The third-order valence-corrected chi connectivity index (χ3v) is 6.42. The molecule has 1 radical (unpaired) electrons. The molecule has 1 aliphatic carbocycles. The van der Waals surface area contributed by atoms with Gasteiger partial charge in [0.25, 0.3) is 0 Å². The number of aryl methyl sites for hydroxylation is 1. The Labute approximate surface area is 161 Å². The van der Waals surface area contributed by atoms with E-state index in [1.165, 1.54) is 5.56 Å². The fraction of sp³-hybridized carbons (Fsp3) is 0.435. The third kappa shape index (κ3) is 2.70. The Kier molecular flexibility index (Phi) is 4.36. The van der Waals surface area contributed by atoms with Gasteiger partial charge in [0.1, 0.15) is 5.54 Å². The van der Waals surface area contributed by atoms with E-state index in [4.69, 9.17) is 0 Å². The molecule has 0 bridgehead atoms. The van der Waals surface area contributed by atoms with Crippen molar-refractivity contribution in [2.75, 3.05) is 6.54 Å². The number of hydrogen-bond acceptors (Lipinski definition) is 2. The second kappa shape index (κ2) is 6.47. The summed E-state index contributed by atoms with van der Waals surface area (Å²) in [5.74, 6) is -0.0949. The second-order valence-electron chi connectivity index (χ2n) is 8.42. The zero-order chi connectivity index (χ0) is 19.2. The molecule has 2 aromatic rings. The molecule has 0 aromatic heterocycles. The van der Waals surface area contributed by atoms with Crippen LogP contribution < -0.4 is 0 Å². The summed E-state index contributed by atoms with van der Waals surface area (Å²) >= 11 is 0. The van der Waals surface area contributed by atoms with Crippen LogP contribution in [0.3, 0.4) is 0 Å². The van der Waals surface area contributed by atoms with E-state index in [0.717, 1.165) is 35.5 Å². The molecule has 1 aliphatic heterocycles. The van der Waals surface area contributed by atoms with Crippen molar-refractivity contribution in [3.05, 3.63) is 71.3 Å². The molecule has 2 aliphatic rings. The summed E-state index contributed by atoms with van der Waals surface area (Å²) in [6.45, 7) is 6.04. The van der Waals surface area contributed by atoms with E-state index in [9.17, 15) is 10.0 Å². The first-order valence-electron chi connectivity index (χ1n) is 9.80. The number of benzene rings is 2. The molecular weight excluding hydrogens is 336 g/mol. The smallest absolute Gasteiger partial charge is 0.245 e. The van der Waals surface area contributed by atoms with Crippen LogP contribution in [0.5, 0.6) is 0 Å². The molecule has 0 N–H and O–H groups in total. The average Bonchev–Trinajstić information content (AvgIpc) is 2.70. The summed E-state index contributed by atoms with van der Waals surface area (Å²) in [6, 6.07) is 18.3. The number of rotatable bonds is 2. The Morgan fingerprint density at radius 2 is 1.67 bits per heavy atom. The van der Waals surface area contributed by atoms with E-state index >= 15 is 0 Å². The van der Waals surface area contributed by atoms with Crippen molar-refractivity contribution in [1.82, 2.24) is 9.96 Å². The van der Waals surface area contributed by atoms with Gasteiger partial charge in [-0.15, -0.1) is 10.3 Å². The largest absolute Gasteiger partial charge is 0.332 e. The number of hydroxylamine groups is 2. The van der Waals surface area contributed by atoms with E-state index in [-0.39, 0.29) is 11.9 Å². The fourth-order valence-electron chi connectivity index (χ4n) is 4.89. The summed E-state index contributed by atoms with van der Waals surface area (Å²) in [5, 5.41) is 14.7. The lowest BCUT2D eigenvalue weighted by Crippen LogP contribution is -2.70. The minimum Gasteiger partial charge on any atom is -0.332 e. The molecular formula is C23H27N2O2. The van der Waals surface area contributed by atoms with Gasteiger partial charge < -0.3 is 4.90 Å². The van der Waals surface area contributed by atoms with Crippen LogP contribution >= 0.6 is 0 Å². The molecule has 4 nitrogen and oxygen atoms in total. The van der Waals surface area contributed by atoms with Gasteiger partial charge in [0.2, 0.25) is 5.91 Å². The van der Waals surface area contributed by atoms with E-state index in [2.05, 4.69) is 31.2 Å². The number of amides is 1. The maximum absolute atomic E-state index is 13.6. The van der Waals surface area contributed by atoms with Crippen molar-refractivity contribution in [1.29, 1.82) is 0 Å². The van der Waals surface area contributed by atoms with Crippen molar-refractivity contribution in [2.24, 2.45) is 0 Å². The number of hydrogen-bond donors (Lipinski definition) is 0. The van der Waals surface area contributed by atoms with Crippen LogP contribution in [0.1, 0.15) is 56.3 Å². The van der Waals surface area contributed by atoms with Crippen LogP contribution in [-0.4, -0.2) is 28.0 Å². The molecule has 2 atom stereocenters. The molecule has 1 saturated heterocycles. The van der Waals surface area contributed by atoms with Gasteiger partial charge in [0.15, 0.2) is 0 Å². The fourth-order valence-corrected chi connectivity index (χ4v) is 4.89. The molecule has 141 valence electrons. The van der Waals surface area contributed by atoms with Gasteiger partial charge in [-0.2, -0.15) is 0 Å². The van der Waals surface area contributed by atoms with E-state index in [0.29, 0.717) is 6.54 Å². The SMILES string of the molecule is C[C@@H](c1ccccc1)N1CC2(CCCc3ccccc32)N([O])C(C)(C)C1=O. The first-order chi connectivity index (χ1) is 12.9. The molecule has 1 unspecified atom stereocenters. The zero-order valence-electron chi connectivity index (χ0n) is 16.3. The number of carbonyl (C=O) groups is 1. The van der Waals surface area contributed by atoms with Crippen LogP contribution in [0.2, 0.25) is 0 Å². The molecule has 2 aromatic carbocycles. The minimum atomic E-state index is -1.09. The zero-order valence-corrected chi connectivity index (χ0v) is 16.3. The quantitative estimate of drug-likeness (QED) is 0.801. The van der Waals surface area contributed by atoms with Gasteiger partial charge in [-0.3, -0.25) is 4.79 Å². The van der Waals surface area contributed by atoms with Crippen LogP contribution in [-0.2, 0) is 22.0 Å². The van der Waals surface area contributed by atoms with Crippen LogP contribution in [0.25, 0.3) is 0 Å². The number of piperazine rings is 1. The molecule has 1 heterocycles. The Bertz CT molecular complexity index is 848. The summed E-state index contributed by atoms with van der Waals surface area (Å²) in [4.78, 5) is 15.2. The third-order valence-electron chi connectivity index (χ3n) is 6.42. The van der Waals surface area contributed by atoms with Gasteiger partial charge in [-0.1, -0.05) is 54.6 Å². The van der Waals surface area contributed by atoms with Crippen LogP contribution in [0.4, 0.5) is 0 Å². The van der Waals surface area contributed by atoms with Gasteiger partial charge in [0, 0.05) is 6.54 Å². The van der Waals surface area contributed by atoms with Crippen molar-refractivity contribution in [3.63, 3.8) is 0 Å². The Balaban J connectivity index is 1.82. The lowest BCUT2D eigenvalue weighted by atomic mass is 9.72. The number of nitrogens with zero attached hydrogens (tertiary/aromatic N) is 2. The molecule has 27 heavy (non-hydrogen) atoms. The first kappa shape index (κ1) is 18.2. The molecule has 0 saturated carbocycles. The monoisotopic (exact) mass is 363 g/mol. The summed E-state index contributed by atoms with van der Waals surface area (Å²) in [7, 11) is 0. The van der Waals surface area contributed by atoms with Crippen molar-refractivity contribution in [2.45, 2.75) is 57.2 Å². The van der Waals surface area contributed by atoms with Gasteiger partial charge in [0.05, 0.1) is 11.6 Å². The maximum atomic E-state index is 13.6. The van der Waals surface area contributed by atoms with Gasteiger partial charge >= 0.3 is 0 Å². The molecule has 4 heteroatoms. The van der Waals surface area contributed by atoms with Crippen LogP contribution in [0, 0.1) is 0 Å². The molecule has 1 spiro atoms. The first-order valence-corrected chi connectivity index (χ1v) is 9.80. The highest BCUT2D eigenvalue weighted by atomic mass is 16.5.